The molecule has 1 N–H and O–H groups in total. The van der Waals surface area contributed by atoms with Gasteiger partial charge in [-0.2, -0.15) is 0 Å². The van der Waals surface area contributed by atoms with Crippen LogP contribution in [0.2, 0.25) is 0 Å². The number of hydrogen-bond acceptors (Lipinski definition) is 4. The number of nitrogens with one attached hydrogen (secondary N) is 1. The molecule has 0 saturated carbocycles. The Hall–Kier alpha value is -2.70. The highest BCUT2D eigenvalue weighted by Gasteiger charge is 2.34. The number of amides is 2. The van der Waals surface area contributed by atoms with Crippen molar-refractivity contribution in [3.8, 4) is 0 Å². The van der Waals surface area contributed by atoms with E-state index < -0.39 is 6.04 Å². The molecule has 6 nitrogen and oxygen atoms in total. The fraction of sp³-hybridized carbons (Fsp3) is 0.500. The first kappa shape index (κ1) is 24.4. The Morgan fingerprint density at radius 2 is 1.59 bits per heavy atom. The molecule has 1 unspecified atom stereocenters. The second-order valence-corrected chi connectivity index (χ2v) is 10.0. The van der Waals surface area contributed by atoms with Crippen LogP contribution in [0.5, 0.6) is 0 Å². The van der Waals surface area contributed by atoms with Crippen molar-refractivity contribution in [3.05, 3.63) is 65.2 Å². The third-order valence-electron chi connectivity index (χ3n) is 6.99. The summed E-state index contributed by atoms with van der Waals surface area (Å²) in [5.74, 6) is 0.184. The zero-order valence-corrected chi connectivity index (χ0v) is 20.8. The van der Waals surface area contributed by atoms with Crippen LogP contribution in [0.4, 0.5) is 5.69 Å². The number of carbonyl (C=O) groups is 2. The molecule has 2 heterocycles. The molecule has 2 aromatic carbocycles. The largest absolute Gasteiger partial charge is 0.326 e. The van der Waals surface area contributed by atoms with Crippen molar-refractivity contribution < 1.29 is 9.59 Å². The number of fused-ring (bicyclic) bond motifs is 1. The maximum Gasteiger partial charge on any atom is 0.247 e. The van der Waals surface area contributed by atoms with Crippen LogP contribution in [0.1, 0.15) is 43.9 Å². The summed E-state index contributed by atoms with van der Waals surface area (Å²) in [6.45, 7) is 13.3. The Balaban J connectivity index is 1.40. The molecule has 0 spiro atoms. The average Bonchev–Trinajstić information content (AvgIpc) is 2.84. The topological polar surface area (TPSA) is 55.9 Å². The minimum Gasteiger partial charge on any atom is -0.326 e. The van der Waals surface area contributed by atoms with Gasteiger partial charge < -0.3 is 15.1 Å². The van der Waals surface area contributed by atoms with E-state index in [1.807, 2.05) is 38.1 Å². The van der Waals surface area contributed by atoms with E-state index in [1.54, 1.807) is 4.90 Å². The highest BCUT2D eigenvalue weighted by atomic mass is 16.2. The number of likely N-dealkylation sites (N-methyl/N-ethyl adjacent to an activating group) is 1. The molecule has 2 aliphatic rings. The quantitative estimate of drug-likeness (QED) is 0.681. The first-order valence-corrected chi connectivity index (χ1v) is 12.6. The molecule has 0 bridgehead atoms. The van der Waals surface area contributed by atoms with Crippen LogP contribution in [0.3, 0.4) is 0 Å². The molecule has 1 saturated heterocycles. The third-order valence-corrected chi connectivity index (χ3v) is 6.99. The van der Waals surface area contributed by atoms with Gasteiger partial charge in [0.2, 0.25) is 11.8 Å². The Morgan fingerprint density at radius 1 is 0.941 bits per heavy atom. The van der Waals surface area contributed by atoms with Crippen molar-refractivity contribution in [3.63, 3.8) is 0 Å². The van der Waals surface area contributed by atoms with Gasteiger partial charge in [0.05, 0.1) is 0 Å². The predicted molar refractivity (Wildman–Crippen MR) is 136 cm³/mol. The molecule has 6 heteroatoms. The Morgan fingerprint density at radius 3 is 2.24 bits per heavy atom. The van der Waals surface area contributed by atoms with E-state index in [4.69, 9.17) is 0 Å². The van der Waals surface area contributed by atoms with E-state index in [0.29, 0.717) is 19.4 Å². The first-order chi connectivity index (χ1) is 16.4. The first-order valence-electron chi connectivity index (χ1n) is 12.6. The molecule has 1 fully saturated rings. The van der Waals surface area contributed by atoms with Gasteiger partial charge in [-0.3, -0.25) is 14.5 Å². The third kappa shape index (κ3) is 6.05. The SMILES string of the molecule is CCN1CCN(Cc2ccc(NC(=O)C3Cc4ccccc4CN3C(=O)CC(C)C)cc2)CC1. The number of rotatable bonds is 7. The van der Waals surface area contributed by atoms with E-state index in [9.17, 15) is 9.59 Å². The highest BCUT2D eigenvalue weighted by Crippen LogP contribution is 2.26. The molecule has 0 aliphatic carbocycles. The van der Waals surface area contributed by atoms with Crippen LogP contribution in [-0.2, 0) is 29.1 Å². The molecule has 2 amide bonds. The summed E-state index contributed by atoms with van der Waals surface area (Å²) in [5, 5.41) is 3.07. The molecule has 1 atom stereocenters. The maximum atomic E-state index is 13.3. The number of nitrogens with zero attached hydrogens (tertiary/aromatic N) is 3. The molecule has 182 valence electrons. The van der Waals surface area contributed by atoms with Crippen molar-refractivity contribution in [2.24, 2.45) is 5.92 Å². The van der Waals surface area contributed by atoms with Gasteiger partial charge in [0.15, 0.2) is 0 Å². The standard InChI is InChI=1S/C28H38N4O2/c1-4-30-13-15-31(16-14-30)19-22-9-11-25(12-10-22)29-28(34)26-18-23-7-5-6-8-24(23)20-32(26)27(33)17-21(2)3/h5-12,21,26H,4,13-20H2,1-3H3,(H,29,34). The van der Waals surface area contributed by atoms with Crippen molar-refractivity contribution in [1.82, 2.24) is 14.7 Å². The Labute approximate surface area is 203 Å². The number of hydrogen-bond donors (Lipinski definition) is 1. The smallest absolute Gasteiger partial charge is 0.247 e. The lowest BCUT2D eigenvalue weighted by molar-refractivity contribution is -0.140. The molecule has 2 aliphatic heterocycles. The highest BCUT2D eigenvalue weighted by molar-refractivity contribution is 5.97. The molecule has 0 aromatic heterocycles. The fourth-order valence-electron chi connectivity index (χ4n) is 4.93. The molecule has 2 aromatic rings. The molecular weight excluding hydrogens is 424 g/mol. The van der Waals surface area contributed by atoms with E-state index in [1.165, 1.54) is 5.56 Å². The van der Waals surface area contributed by atoms with Gasteiger partial charge in [-0.05, 0) is 41.3 Å². The minimum absolute atomic E-state index is 0.0446. The summed E-state index contributed by atoms with van der Waals surface area (Å²) >= 11 is 0. The Bertz CT molecular complexity index is 980. The number of carbonyl (C=O) groups excluding carboxylic acids is 2. The van der Waals surface area contributed by atoms with Crippen molar-refractivity contribution >= 4 is 17.5 Å². The molecule has 0 radical (unpaired) electrons. The van der Waals surface area contributed by atoms with Crippen LogP contribution in [0.15, 0.2) is 48.5 Å². The van der Waals surface area contributed by atoms with Crippen LogP contribution in [0.25, 0.3) is 0 Å². The summed E-state index contributed by atoms with van der Waals surface area (Å²) in [7, 11) is 0. The van der Waals surface area contributed by atoms with E-state index in [2.05, 4.69) is 46.3 Å². The Kier molecular flexibility index (Phi) is 8.01. The lowest BCUT2D eigenvalue weighted by atomic mass is 9.92. The van der Waals surface area contributed by atoms with Crippen molar-refractivity contribution in [2.45, 2.75) is 52.7 Å². The summed E-state index contributed by atoms with van der Waals surface area (Å²) < 4.78 is 0. The van der Waals surface area contributed by atoms with E-state index >= 15 is 0 Å². The summed E-state index contributed by atoms with van der Waals surface area (Å²) in [5.41, 5.74) is 4.31. The monoisotopic (exact) mass is 462 g/mol. The van der Waals surface area contributed by atoms with E-state index in [0.717, 1.165) is 56.1 Å². The predicted octanol–water partition coefficient (Wildman–Crippen LogP) is 3.76. The van der Waals surface area contributed by atoms with E-state index in [-0.39, 0.29) is 17.7 Å². The molecular formula is C28H38N4O2. The van der Waals surface area contributed by atoms with Gasteiger partial charge in [0, 0.05) is 57.8 Å². The van der Waals surface area contributed by atoms with Crippen LogP contribution in [0, 0.1) is 5.92 Å². The molecule has 34 heavy (non-hydrogen) atoms. The zero-order valence-electron chi connectivity index (χ0n) is 20.8. The van der Waals surface area contributed by atoms with Crippen LogP contribution in [-0.4, -0.2) is 65.3 Å². The second kappa shape index (κ2) is 11.2. The van der Waals surface area contributed by atoms with Gasteiger partial charge in [0.25, 0.3) is 0 Å². The number of benzene rings is 2. The minimum atomic E-state index is -0.490. The lowest BCUT2D eigenvalue weighted by Gasteiger charge is -2.36. The van der Waals surface area contributed by atoms with Gasteiger partial charge >= 0.3 is 0 Å². The van der Waals surface area contributed by atoms with Crippen molar-refractivity contribution in [2.75, 3.05) is 38.0 Å². The molecule has 4 rings (SSSR count). The average molecular weight is 463 g/mol. The van der Waals surface area contributed by atoms with Crippen LogP contribution < -0.4 is 5.32 Å². The van der Waals surface area contributed by atoms with Crippen LogP contribution >= 0.6 is 0 Å². The zero-order chi connectivity index (χ0) is 24.1. The number of anilines is 1. The van der Waals surface area contributed by atoms with Gasteiger partial charge in [-0.25, -0.2) is 0 Å². The lowest BCUT2D eigenvalue weighted by Crippen LogP contribution is -2.50. The summed E-state index contributed by atoms with van der Waals surface area (Å²) in [6.07, 6.45) is 1.00. The normalized spacial score (nSPS) is 19.2. The summed E-state index contributed by atoms with van der Waals surface area (Å²) in [6, 6.07) is 15.8. The number of piperazine rings is 1. The van der Waals surface area contributed by atoms with Gasteiger partial charge in [-0.1, -0.05) is 57.2 Å². The fourth-order valence-corrected chi connectivity index (χ4v) is 4.93. The summed E-state index contributed by atoms with van der Waals surface area (Å²) in [4.78, 5) is 33.0. The van der Waals surface area contributed by atoms with Crippen molar-refractivity contribution in [1.29, 1.82) is 0 Å². The van der Waals surface area contributed by atoms with Gasteiger partial charge in [-0.15, -0.1) is 0 Å². The van der Waals surface area contributed by atoms with Gasteiger partial charge in [0.1, 0.15) is 6.04 Å². The second-order valence-electron chi connectivity index (χ2n) is 10.0. The maximum absolute atomic E-state index is 13.3.